The summed E-state index contributed by atoms with van der Waals surface area (Å²) in [5.74, 6) is 0.927. The van der Waals surface area contributed by atoms with Crippen LogP contribution in [-0.2, 0) is 0 Å². The van der Waals surface area contributed by atoms with Crippen LogP contribution in [0.1, 0.15) is 6.92 Å². The molecule has 2 aromatic rings. The number of alkyl halides is 1. The van der Waals surface area contributed by atoms with E-state index in [1.807, 2.05) is 24.3 Å². The molecule has 2 aromatic carbocycles. The van der Waals surface area contributed by atoms with Gasteiger partial charge in [0.05, 0.1) is 6.54 Å². The van der Waals surface area contributed by atoms with Gasteiger partial charge in [-0.3, -0.25) is 0 Å². The number of likely N-dealkylation sites (N-methyl/N-ethyl adjacent to an activating group) is 1. The van der Waals surface area contributed by atoms with Crippen molar-refractivity contribution in [2.75, 3.05) is 44.8 Å². The van der Waals surface area contributed by atoms with Gasteiger partial charge in [0.25, 0.3) is 0 Å². The molecule has 0 bridgehead atoms. The summed E-state index contributed by atoms with van der Waals surface area (Å²) in [6.45, 7) is 5.37. The molecule has 1 atom stereocenters. The molecule has 6 heteroatoms. The molecular formula is C20H28IN3OS. The molecule has 0 aliphatic heterocycles. The maximum absolute atomic E-state index is 6.10. The Morgan fingerprint density at radius 2 is 1.88 bits per heavy atom. The predicted molar refractivity (Wildman–Crippen MR) is 124 cm³/mol. The number of nitrogens with zero attached hydrogens (tertiary/aromatic N) is 2. The van der Waals surface area contributed by atoms with Crippen LogP contribution in [0.5, 0.6) is 5.75 Å². The number of hydrogen-bond donors (Lipinski definition) is 1. The van der Waals surface area contributed by atoms with E-state index < -0.39 is 0 Å². The molecule has 0 amide bonds. The summed E-state index contributed by atoms with van der Waals surface area (Å²) in [6.07, 6.45) is 0. The first kappa shape index (κ1) is 21.2. The molecule has 1 unspecified atom stereocenters. The minimum atomic E-state index is 0.367. The Morgan fingerprint density at radius 1 is 1.15 bits per heavy atom. The van der Waals surface area contributed by atoms with Gasteiger partial charge in [0.15, 0.2) is 5.11 Å². The zero-order chi connectivity index (χ0) is 18.9. The van der Waals surface area contributed by atoms with Crippen LogP contribution in [0, 0.1) is 0 Å². The molecule has 4 nitrogen and oxygen atoms in total. The van der Waals surface area contributed by atoms with Crippen molar-refractivity contribution in [1.29, 1.82) is 0 Å². The van der Waals surface area contributed by atoms with Crippen LogP contribution in [0.4, 0.5) is 0 Å². The summed E-state index contributed by atoms with van der Waals surface area (Å²) >= 11 is 8.02. The monoisotopic (exact) mass is 485 g/mol. The van der Waals surface area contributed by atoms with Crippen molar-refractivity contribution in [3.05, 3.63) is 42.5 Å². The van der Waals surface area contributed by atoms with Gasteiger partial charge in [-0.2, -0.15) is 0 Å². The second-order valence-electron chi connectivity index (χ2n) is 6.56. The Bertz CT molecular complexity index is 705. The standard InChI is InChI=1S/C20H28IN3OS/c1-16(15-21)24(20(26)22-11-12-23(2)3)13-14-25-19-10-6-8-17-7-4-5-9-18(17)19/h4-10,16H,11-15H2,1-3H3,(H,22,26). The van der Waals surface area contributed by atoms with E-state index in [9.17, 15) is 0 Å². The smallest absolute Gasteiger partial charge is 0.169 e. The Balaban J connectivity index is 1.95. The molecular weight excluding hydrogens is 457 g/mol. The largest absolute Gasteiger partial charge is 0.491 e. The maximum Gasteiger partial charge on any atom is 0.169 e. The van der Waals surface area contributed by atoms with E-state index in [4.69, 9.17) is 17.0 Å². The van der Waals surface area contributed by atoms with Crippen molar-refractivity contribution >= 4 is 50.7 Å². The van der Waals surface area contributed by atoms with Gasteiger partial charge in [0.1, 0.15) is 12.4 Å². The first-order chi connectivity index (χ1) is 12.5. The quantitative estimate of drug-likeness (QED) is 0.332. The molecule has 0 aliphatic rings. The molecule has 0 heterocycles. The zero-order valence-electron chi connectivity index (χ0n) is 15.7. The third-order valence-electron chi connectivity index (χ3n) is 4.19. The van der Waals surface area contributed by atoms with Crippen LogP contribution in [0.15, 0.2) is 42.5 Å². The van der Waals surface area contributed by atoms with E-state index in [0.717, 1.165) is 40.3 Å². The minimum Gasteiger partial charge on any atom is -0.491 e. The van der Waals surface area contributed by atoms with Crippen molar-refractivity contribution in [2.45, 2.75) is 13.0 Å². The fraction of sp³-hybridized carbons (Fsp3) is 0.450. The molecule has 2 rings (SSSR count). The maximum atomic E-state index is 6.10. The van der Waals surface area contributed by atoms with Crippen molar-refractivity contribution in [2.24, 2.45) is 0 Å². The normalized spacial score (nSPS) is 12.2. The lowest BCUT2D eigenvalue weighted by Crippen LogP contribution is -2.48. The molecule has 0 aromatic heterocycles. The number of thiocarbonyl (C=S) groups is 1. The molecule has 142 valence electrons. The van der Waals surface area contributed by atoms with Crippen LogP contribution in [0.25, 0.3) is 10.8 Å². The van der Waals surface area contributed by atoms with Crippen molar-refractivity contribution in [3.63, 3.8) is 0 Å². The molecule has 0 spiro atoms. The lowest BCUT2D eigenvalue weighted by molar-refractivity contribution is 0.249. The van der Waals surface area contributed by atoms with E-state index in [0.29, 0.717) is 12.6 Å². The highest BCUT2D eigenvalue weighted by Gasteiger charge is 2.16. The highest BCUT2D eigenvalue weighted by atomic mass is 127. The molecule has 26 heavy (non-hydrogen) atoms. The number of hydrogen-bond acceptors (Lipinski definition) is 3. The number of nitrogens with one attached hydrogen (secondary N) is 1. The number of ether oxygens (including phenoxy) is 1. The summed E-state index contributed by atoms with van der Waals surface area (Å²) in [6, 6.07) is 14.8. The summed E-state index contributed by atoms with van der Waals surface area (Å²) < 4.78 is 7.11. The molecule has 0 radical (unpaired) electrons. The summed E-state index contributed by atoms with van der Waals surface area (Å²) in [5.41, 5.74) is 0. The second kappa shape index (κ2) is 10.9. The van der Waals surface area contributed by atoms with Gasteiger partial charge in [0.2, 0.25) is 0 Å². The van der Waals surface area contributed by atoms with Crippen LogP contribution in [0.2, 0.25) is 0 Å². The van der Waals surface area contributed by atoms with Gasteiger partial charge < -0.3 is 19.9 Å². The highest BCUT2D eigenvalue weighted by molar-refractivity contribution is 14.1. The molecule has 0 saturated heterocycles. The first-order valence-corrected chi connectivity index (χ1v) is 10.8. The van der Waals surface area contributed by atoms with Crippen LogP contribution in [0.3, 0.4) is 0 Å². The Labute approximate surface area is 176 Å². The molecule has 0 saturated carbocycles. The second-order valence-corrected chi connectivity index (χ2v) is 7.83. The van der Waals surface area contributed by atoms with E-state index in [-0.39, 0.29) is 0 Å². The SMILES string of the molecule is CC(CI)N(CCOc1cccc2ccccc12)C(=S)NCCN(C)C. The Morgan fingerprint density at radius 3 is 2.62 bits per heavy atom. The van der Waals surface area contributed by atoms with Gasteiger partial charge in [-0.1, -0.05) is 59.0 Å². The topological polar surface area (TPSA) is 27.7 Å². The van der Waals surface area contributed by atoms with Crippen LogP contribution < -0.4 is 10.1 Å². The van der Waals surface area contributed by atoms with Gasteiger partial charge in [-0.15, -0.1) is 0 Å². The summed E-state index contributed by atoms with van der Waals surface area (Å²) in [7, 11) is 4.13. The lowest BCUT2D eigenvalue weighted by atomic mass is 10.1. The molecule has 0 fully saturated rings. The number of benzene rings is 2. The zero-order valence-corrected chi connectivity index (χ0v) is 18.7. The van der Waals surface area contributed by atoms with Gasteiger partial charge in [0, 0.05) is 28.9 Å². The fourth-order valence-electron chi connectivity index (χ4n) is 2.67. The van der Waals surface area contributed by atoms with Crippen molar-refractivity contribution < 1.29 is 4.74 Å². The number of halogens is 1. The fourth-order valence-corrected chi connectivity index (χ4v) is 3.52. The number of rotatable bonds is 9. The average molecular weight is 485 g/mol. The Kier molecular flexibility index (Phi) is 8.87. The third-order valence-corrected chi connectivity index (χ3v) is 5.84. The average Bonchev–Trinajstić information content (AvgIpc) is 2.64. The van der Waals surface area contributed by atoms with E-state index in [1.165, 1.54) is 5.39 Å². The molecule has 0 aliphatic carbocycles. The van der Waals surface area contributed by atoms with Crippen molar-refractivity contribution in [3.8, 4) is 5.75 Å². The van der Waals surface area contributed by atoms with Crippen LogP contribution in [-0.4, -0.2) is 65.7 Å². The third kappa shape index (κ3) is 6.25. The Hall–Kier alpha value is -1.12. The van der Waals surface area contributed by atoms with Gasteiger partial charge in [-0.25, -0.2) is 0 Å². The van der Waals surface area contributed by atoms with Crippen molar-refractivity contribution in [1.82, 2.24) is 15.1 Å². The van der Waals surface area contributed by atoms with E-state index in [2.05, 4.69) is 76.9 Å². The summed E-state index contributed by atoms with van der Waals surface area (Å²) in [5, 5.41) is 6.51. The number of fused-ring (bicyclic) bond motifs is 1. The minimum absolute atomic E-state index is 0.367. The first-order valence-electron chi connectivity index (χ1n) is 8.88. The summed E-state index contributed by atoms with van der Waals surface area (Å²) in [4.78, 5) is 4.37. The highest BCUT2D eigenvalue weighted by Crippen LogP contribution is 2.25. The predicted octanol–water partition coefficient (Wildman–Crippen LogP) is 3.78. The van der Waals surface area contributed by atoms with E-state index in [1.54, 1.807) is 0 Å². The van der Waals surface area contributed by atoms with Crippen LogP contribution >= 0.6 is 34.8 Å². The van der Waals surface area contributed by atoms with E-state index >= 15 is 0 Å². The lowest BCUT2D eigenvalue weighted by Gasteiger charge is -2.31. The van der Waals surface area contributed by atoms with Gasteiger partial charge in [-0.05, 0) is 44.7 Å². The van der Waals surface area contributed by atoms with Gasteiger partial charge >= 0.3 is 0 Å². The molecule has 1 N–H and O–H groups in total.